The highest BCUT2D eigenvalue weighted by Gasteiger charge is 2.04. The number of nitrogens with zero attached hydrogens (tertiary/aromatic N) is 3. The molecular formula is C14H12N4. The first-order valence-electron chi connectivity index (χ1n) is 5.66. The summed E-state index contributed by atoms with van der Waals surface area (Å²) in [6.45, 7) is 0. The first kappa shape index (κ1) is 10.5. The molecule has 0 saturated carbocycles. The maximum Gasteiger partial charge on any atom is 0.124 e. The van der Waals surface area contributed by atoms with Gasteiger partial charge < -0.3 is 5.73 Å². The van der Waals surface area contributed by atoms with Gasteiger partial charge >= 0.3 is 0 Å². The fourth-order valence-electron chi connectivity index (χ4n) is 1.79. The number of pyridine rings is 1. The van der Waals surface area contributed by atoms with Gasteiger partial charge in [-0.1, -0.05) is 24.3 Å². The van der Waals surface area contributed by atoms with E-state index in [0.717, 1.165) is 16.9 Å². The molecule has 0 saturated heterocycles. The second-order valence-corrected chi connectivity index (χ2v) is 3.96. The Kier molecular flexibility index (Phi) is 2.53. The minimum atomic E-state index is 0.514. The summed E-state index contributed by atoms with van der Waals surface area (Å²) in [5.41, 5.74) is 8.48. The first-order valence-corrected chi connectivity index (χ1v) is 5.66. The topological polar surface area (TPSA) is 56.7 Å². The van der Waals surface area contributed by atoms with Crippen LogP contribution in [0, 0.1) is 0 Å². The minimum Gasteiger partial charge on any atom is -0.384 e. The van der Waals surface area contributed by atoms with Crippen molar-refractivity contribution in [1.29, 1.82) is 0 Å². The average molecular weight is 236 g/mol. The summed E-state index contributed by atoms with van der Waals surface area (Å²) in [6, 6.07) is 15.5. The summed E-state index contributed by atoms with van der Waals surface area (Å²) in [5, 5.41) is 4.33. The summed E-state index contributed by atoms with van der Waals surface area (Å²) in [6.07, 6.45) is 3.73. The van der Waals surface area contributed by atoms with Crippen LogP contribution in [0.2, 0.25) is 0 Å². The molecule has 0 unspecified atom stereocenters. The highest BCUT2D eigenvalue weighted by Crippen LogP contribution is 2.18. The van der Waals surface area contributed by atoms with E-state index in [1.54, 1.807) is 12.3 Å². The fourth-order valence-corrected chi connectivity index (χ4v) is 1.79. The summed E-state index contributed by atoms with van der Waals surface area (Å²) in [4.78, 5) is 4.27. The van der Waals surface area contributed by atoms with Crippen LogP contribution in [0.1, 0.15) is 0 Å². The molecule has 3 rings (SSSR count). The molecule has 0 fully saturated rings. The van der Waals surface area contributed by atoms with Crippen LogP contribution in [0.25, 0.3) is 16.9 Å². The zero-order valence-electron chi connectivity index (χ0n) is 9.69. The number of nitrogen functional groups attached to an aromatic ring is 1. The SMILES string of the molecule is Nc1cccc(-c2cnn(-c3ccccc3)c2)n1. The van der Waals surface area contributed by atoms with Crippen molar-refractivity contribution in [2.24, 2.45) is 0 Å². The largest absolute Gasteiger partial charge is 0.384 e. The van der Waals surface area contributed by atoms with Crippen molar-refractivity contribution < 1.29 is 0 Å². The van der Waals surface area contributed by atoms with Gasteiger partial charge in [0.15, 0.2) is 0 Å². The molecule has 18 heavy (non-hydrogen) atoms. The van der Waals surface area contributed by atoms with Crippen molar-refractivity contribution >= 4 is 5.82 Å². The Balaban J connectivity index is 2.00. The standard InChI is InChI=1S/C14H12N4/c15-14-8-4-7-13(17-14)11-9-16-18(10-11)12-5-2-1-3-6-12/h1-10H,(H2,15,17). The van der Waals surface area contributed by atoms with E-state index in [4.69, 9.17) is 5.73 Å². The second kappa shape index (κ2) is 4.33. The normalized spacial score (nSPS) is 10.4. The van der Waals surface area contributed by atoms with Gasteiger partial charge in [0.2, 0.25) is 0 Å². The molecule has 0 aliphatic carbocycles. The summed E-state index contributed by atoms with van der Waals surface area (Å²) in [5.74, 6) is 0.514. The Hall–Kier alpha value is -2.62. The number of aromatic nitrogens is 3. The van der Waals surface area contributed by atoms with E-state index < -0.39 is 0 Å². The molecule has 0 aliphatic heterocycles. The maximum absolute atomic E-state index is 5.68. The predicted molar refractivity (Wildman–Crippen MR) is 71.2 cm³/mol. The van der Waals surface area contributed by atoms with Gasteiger partial charge in [-0.2, -0.15) is 5.10 Å². The maximum atomic E-state index is 5.68. The van der Waals surface area contributed by atoms with Crippen molar-refractivity contribution in [3.8, 4) is 16.9 Å². The fraction of sp³-hybridized carbons (Fsp3) is 0. The van der Waals surface area contributed by atoms with E-state index in [9.17, 15) is 0 Å². The molecule has 0 aliphatic rings. The van der Waals surface area contributed by atoms with Crippen LogP contribution in [-0.4, -0.2) is 14.8 Å². The third-order valence-corrected chi connectivity index (χ3v) is 2.67. The van der Waals surface area contributed by atoms with Gasteiger partial charge in [0, 0.05) is 11.8 Å². The van der Waals surface area contributed by atoms with E-state index in [1.807, 2.05) is 53.3 Å². The molecule has 4 nitrogen and oxygen atoms in total. The van der Waals surface area contributed by atoms with Crippen LogP contribution in [0.15, 0.2) is 60.9 Å². The molecule has 2 aromatic heterocycles. The van der Waals surface area contributed by atoms with Crippen LogP contribution >= 0.6 is 0 Å². The van der Waals surface area contributed by atoms with Crippen LogP contribution < -0.4 is 5.73 Å². The van der Waals surface area contributed by atoms with Crippen molar-refractivity contribution in [3.05, 3.63) is 60.9 Å². The van der Waals surface area contributed by atoms with E-state index in [-0.39, 0.29) is 0 Å². The van der Waals surface area contributed by atoms with Crippen molar-refractivity contribution in [1.82, 2.24) is 14.8 Å². The third-order valence-electron chi connectivity index (χ3n) is 2.67. The third kappa shape index (κ3) is 1.96. The molecule has 4 heteroatoms. The smallest absolute Gasteiger partial charge is 0.124 e. The van der Waals surface area contributed by atoms with Gasteiger partial charge in [0.1, 0.15) is 5.82 Å². The lowest BCUT2D eigenvalue weighted by molar-refractivity contribution is 0.881. The van der Waals surface area contributed by atoms with Gasteiger partial charge in [0.25, 0.3) is 0 Å². The van der Waals surface area contributed by atoms with E-state index in [1.165, 1.54) is 0 Å². The quantitative estimate of drug-likeness (QED) is 0.743. The monoisotopic (exact) mass is 236 g/mol. The molecule has 0 bridgehead atoms. The molecule has 1 aromatic carbocycles. The molecule has 0 atom stereocenters. The van der Waals surface area contributed by atoms with Gasteiger partial charge in [-0.05, 0) is 24.3 Å². The number of benzene rings is 1. The number of anilines is 1. The molecule has 2 heterocycles. The first-order chi connectivity index (χ1) is 8.83. The van der Waals surface area contributed by atoms with Crippen LogP contribution in [0.5, 0.6) is 0 Å². The number of hydrogen-bond acceptors (Lipinski definition) is 3. The van der Waals surface area contributed by atoms with Crippen LogP contribution in [0.4, 0.5) is 5.82 Å². The Bertz CT molecular complexity index is 658. The van der Waals surface area contributed by atoms with Crippen LogP contribution in [-0.2, 0) is 0 Å². The number of hydrogen-bond donors (Lipinski definition) is 1. The Morgan fingerprint density at radius 3 is 2.56 bits per heavy atom. The number of para-hydroxylation sites is 1. The molecule has 0 spiro atoms. The lowest BCUT2D eigenvalue weighted by Crippen LogP contribution is -1.93. The van der Waals surface area contributed by atoms with Crippen LogP contribution in [0.3, 0.4) is 0 Å². The average Bonchev–Trinajstić information content (AvgIpc) is 2.89. The van der Waals surface area contributed by atoms with Crippen molar-refractivity contribution in [2.45, 2.75) is 0 Å². The van der Waals surface area contributed by atoms with Crippen molar-refractivity contribution in [2.75, 3.05) is 5.73 Å². The zero-order chi connectivity index (χ0) is 12.4. The minimum absolute atomic E-state index is 0.514. The second-order valence-electron chi connectivity index (χ2n) is 3.96. The zero-order valence-corrected chi connectivity index (χ0v) is 9.69. The van der Waals surface area contributed by atoms with Gasteiger partial charge in [-0.15, -0.1) is 0 Å². The number of nitrogens with two attached hydrogens (primary N) is 1. The van der Waals surface area contributed by atoms with E-state index in [2.05, 4.69) is 10.1 Å². The van der Waals surface area contributed by atoms with Gasteiger partial charge in [-0.25, -0.2) is 9.67 Å². The molecule has 3 aromatic rings. The Morgan fingerprint density at radius 1 is 0.944 bits per heavy atom. The summed E-state index contributed by atoms with van der Waals surface area (Å²) < 4.78 is 1.82. The summed E-state index contributed by atoms with van der Waals surface area (Å²) >= 11 is 0. The predicted octanol–water partition coefficient (Wildman–Crippen LogP) is 2.52. The Morgan fingerprint density at radius 2 is 1.78 bits per heavy atom. The molecule has 2 N–H and O–H groups in total. The van der Waals surface area contributed by atoms with Crippen molar-refractivity contribution in [3.63, 3.8) is 0 Å². The highest BCUT2D eigenvalue weighted by molar-refractivity contribution is 5.59. The molecular weight excluding hydrogens is 224 g/mol. The number of rotatable bonds is 2. The Labute approximate surface area is 105 Å². The van der Waals surface area contributed by atoms with E-state index >= 15 is 0 Å². The highest BCUT2D eigenvalue weighted by atomic mass is 15.3. The lowest BCUT2D eigenvalue weighted by Gasteiger charge is -1.99. The lowest BCUT2D eigenvalue weighted by atomic mass is 10.2. The molecule has 0 amide bonds. The van der Waals surface area contributed by atoms with Gasteiger partial charge in [-0.3, -0.25) is 0 Å². The molecule has 88 valence electrons. The summed E-state index contributed by atoms with van der Waals surface area (Å²) in [7, 11) is 0. The van der Waals surface area contributed by atoms with Gasteiger partial charge in [0.05, 0.1) is 17.6 Å². The van der Waals surface area contributed by atoms with E-state index in [0.29, 0.717) is 5.82 Å². The molecule has 0 radical (unpaired) electrons.